The molecule has 1 N–H and O–H groups in total. The lowest BCUT2D eigenvalue weighted by molar-refractivity contribution is 0.392. The van der Waals surface area contributed by atoms with E-state index in [0.29, 0.717) is 6.04 Å². The summed E-state index contributed by atoms with van der Waals surface area (Å²) in [5.41, 5.74) is 2.56. The van der Waals surface area contributed by atoms with Gasteiger partial charge in [0.15, 0.2) is 5.82 Å². The molecule has 6 nitrogen and oxygen atoms in total. The summed E-state index contributed by atoms with van der Waals surface area (Å²) in [4.78, 5) is 17.6. The van der Waals surface area contributed by atoms with Crippen LogP contribution in [0.5, 0.6) is 0 Å². The van der Waals surface area contributed by atoms with Crippen molar-refractivity contribution in [3.63, 3.8) is 0 Å². The molecule has 2 aliphatic rings. The van der Waals surface area contributed by atoms with E-state index in [1.165, 1.54) is 25.7 Å². The molecule has 0 aromatic carbocycles. The molecule has 3 heterocycles. The fourth-order valence-electron chi connectivity index (χ4n) is 4.06. The maximum absolute atomic E-state index is 12.8. The topological polar surface area (TPSA) is 76.2 Å². The number of nitrogens with one attached hydrogen (secondary N) is 1. The van der Waals surface area contributed by atoms with Crippen LogP contribution in [0.1, 0.15) is 79.3 Å². The zero-order valence-electron chi connectivity index (χ0n) is 15.0. The van der Waals surface area contributed by atoms with E-state index in [1.54, 1.807) is 11.8 Å². The zero-order valence-corrected chi connectivity index (χ0v) is 15.8. The highest BCUT2D eigenvalue weighted by atomic mass is 32.2. The highest BCUT2D eigenvalue weighted by Gasteiger charge is 2.35. The van der Waals surface area contributed by atoms with Crippen LogP contribution in [0.15, 0.2) is 14.3 Å². The Morgan fingerprint density at radius 2 is 1.84 bits per heavy atom. The van der Waals surface area contributed by atoms with Crippen molar-refractivity contribution in [2.24, 2.45) is 4.99 Å². The Kier molecular flexibility index (Phi) is 4.35. The van der Waals surface area contributed by atoms with Gasteiger partial charge in [-0.05, 0) is 33.6 Å². The minimum Gasteiger partial charge on any atom is -0.361 e. The van der Waals surface area contributed by atoms with Gasteiger partial charge in [0.25, 0.3) is 5.56 Å². The van der Waals surface area contributed by atoms with Gasteiger partial charge in [-0.15, -0.1) is 0 Å². The predicted molar refractivity (Wildman–Crippen MR) is 100.0 cm³/mol. The van der Waals surface area contributed by atoms with Crippen molar-refractivity contribution in [1.82, 2.24) is 14.9 Å². The van der Waals surface area contributed by atoms with Crippen molar-refractivity contribution in [2.45, 2.75) is 70.6 Å². The number of rotatable bonds is 2. The number of H-pyrrole nitrogens is 1. The molecule has 1 aliphatic carbocycles. The third-order valence-corrected chi connectivity index (χ3v) is 6.43. The van der Waals surface area contributed by atoms with Crippen LogP contribution in [0, 0.1) is 13.8 Å². The monoisotopic (exact) mass is 360 g/mol. The summed E-state index contributed by atoms with van der Waals surface area (Å²) < 4.78 is 7.40. The molecule has 4 rings (SSSR count). The van der Waals surface area contributed by atoms with Gasteiger partial charge in [0, 0.05) is 5.56 Å². The summed E-state index contributed by atoms with van der Waals surface area (Å²) in [5.74, 6) is 1.58. The third-order valence-electron chi connectivity index (χ3n) is 5.29. The molecule has 0 saturated heterocycles. The second-order valence-corrected chi connectivity index (χ2v) is 8.36. The number of aliphatic imine (C=N–C) groups is 1. The number of hydrogen-bond acceptors (Lipinski definition) is 5. The highest BCUT2D eigenvalue weighted by molar-refractivity contribution is 8.14. The summed E-state index contributed by atoms with van der Waals surface area (Å²) in [6.45, 7) is 5.85. The van der Waals surface area contributed by atoms with Crippen LogP contribution in [-0.4, -0.2) is 20.0 Å². The molecule has 1 unspecified atom stereocenters. The maximum atomic E-state index is 12.8. The van der Waals surface area contributed by atoms with Gasteiger partial charge < -0.3 is 4.52 Å². The molecule has 2 aromatic heterocycles. The summed E-state index contributed by atoms with van der Waals surface area (Å²) in [5, 5.41) is 8.04. The minimum atomic E-state index is -0.102. The predicted octanol–water partition coefficient (Wildman–Crippen LogP) is 4.56. The van der Waals surface area contributed by atoms with Gasteiger partial charge in [0.1, 0.15) is 5.76 Å². The van der Waals surface area contributed by atoms with E-state index in [2.05, 4.69) is 10.3 Å². The lowest BCUT2D eigenvalue weighted by Gasteiger charge is -2.23. The van der Waals surface area contributed by atoms with E-state index in [0.717, 1.165) is 46.3 Å². The summed E-state index contributed by atoms with van der Waals surface area (Å²) in [6.07, 6.45) is 7.20. The van der Waals surface area contributed by atoms with Crippen LogP contribution in [-0.2, 0) is 0 Å². The number of hydrogen-bond donors (Lipinski definition) is 1. The van der Waals surface area contributed by atoms with Crippen LogP contribution in [0.25, 0.3) is 0 Å². The summed E-state index contributed by atoms with van der Waals surface area (Å²) >= 11 is 1.61. The Hall–Kier alpha value is -1.76. The fourth-order valence-corrected chi connectivity index (χ4v) is 5.32. The first-order valence-corrected chi connectivity index (χ1v) is 9.93. The lowest BCUT2D eigenvalue weighted by atomic mass is 10.0. The van der Waals surface area contributed by atoms with Crippen LogP contribution < -0.4 is 5.56 Å². The van der Waals surface area contributed by atoms with E-state index in [1.807, 2.05) is 25.5 Å². The number of fused-ring (bicyclic) bond motifs is 1. The first-order chi connectivity index (χ1) is 12.1. The largest absolute Gasteiger partial charge is 0.361 e. The van der Waals surface area contributed by atoms with Gasteiger partial charge >= 0.3 is 0 Å². The lowest BCUT2D eigenvalue weighted by Crippen LogP contribution is -2.14. The van der Waals surface area contributed by atoms with Gasteiger partial charge in [-0.25, -0.2) is 4.99 Å². The molecule has 1 fully saturated rings. The Labute approximate surface area is 151 Å². The Balaban J connectivity index is 1.84. The molecule has 1 aliphatic heterocycles. The molecule has 7 heteroatoms. The van der Waals surface area contributed by atoms with Gasteiger partial charge in [0.2, 0.25) is 0 Å². The average Bonchev–Trinajstić information content (AvgIpc) is 2.94. The molecule has 1 atom stereocenters. The number of aromatic amines is 1. The van der Waals surface area contributed by atoms with Crippen LogP contribution in [0.4, 0.5) is 5.82 Å². The van der Waals surface area contributed by atoms with Crippen molar-refractivity contribution < 1.29 is 4.52 Å². The van der Waals surface area contributed by atoms with Crippen molar-refractivity contribution in [2.75, 3.05) is 0 Å². The van der Waals surface area contributed by atoms with Crippen LogP contribution in [0.2, 0.25) is 0 Å². The van der Waals surface area contributed by atoms with Gasteiger partial charge in [-0.3, -0.25) is 14.6 Å². The molecule has 0 spiro atoms. The second kappa shape index (κ2) is 6.52. The molecule has 25 heavy (non-hydrogen) atoms. The zero-order chi connectivity index (χ0) is 17.6. The molecule has 1 saturated carbocycles. The quantitative estimate of drug-likeness (QED) is 0.796. The third kappa shape index (κ3) is 2.88. The molecule has 134 valence electrons. The van der Waals surface area contributed by atoms with Crippen molar-refractivity contribution in [3.8, 4) is 0 Å². The number of thioether (sulfide) groups is 1. The van der Waals surface area contributed by atoms with Crippen molar-refractivity contribution in [1.29, 1.82) is 0 Å². The van der Waals surface area contributed by atoms with Crippen LogP contribution in [0.3, 0.4) is 0 Å². The molecule has 2 aromatic rings. The first-order valence-electron chi connectivity index (χ1n) is 9.05. The number of aromatic nitrogens is 3. The first kappa shape index (κ1) is 16.7. The van der Waals surface area contributed by atoms with E-state index >= 15 is 0 Å². The van der Waals surface area contributed by atoms with E-state index < -0.39 is 0 Å². The molecular formula is C18H24N4O2S. The molecular weight excluding hydrogens is 336 g/mol. The SMILES string of the molecule is CC1=Nc2c(c(=O)[nH]n2C2CCCCCC2)C(c2c(C)noc2C)S1. The smallest absolute Gasteiger partial charge is 0.271 e. The van der Waals surface area contributed by atoms with Crippen molar-refractivity contribution in [3.05, 3.63) is 32.9 Å². The molecule has 0 bridgehead atoms. The number of aryl methyl sites for hydroxylation is 2. The maximum Gasteiger partial charge on any atom is 0.271 e. The van der Waals surface area contributed by atoms with Gasteiger partial charge in [0.05, 0.1) is 27.6 Å². The summed E-state index contributed by atoms with van der Waals surface area (Å²) in [6, 6.07) is 0.337. The van der Waals surface area contributed by atoms with Crippen molar-refractivity contribution >= 4 is 22.6 Å². The van der Waals surface area contributed by atoms with E-state index in [-0.39, 0.29) is 10.8 Å². The summed E-state index contributed by atoms with van der Waals surface area (Å²) in [7, 11) is 0. The van der Waals surface area contributed by atoms with Gasteiger partial charge in [-0.2, -0.15) is 0 Å². The molecule has 0 radical (unpaired) electrons. The van der Waals surface area contributed by atoms with Gasteiger partial charge in [-0.1, -0.05) is 42.6 Å². The van der Waals surface area contributed by atoms with E-state index in [9.17, 15) is 4.79 Å². The Morgan fingerprint density at radius 3 is 2.48 bits per heavy atom. The normalized spacial score (nSPS) is 21.7. The highest BCUT2D eigenvalue weighted by Crippen LogP contribution is 2.46. The number of nitrogens with zero attached hydrogens (tertiary/aromatic N) is 3. The standard InChI is InChI=1S/C18H24N4O2S/c1-10-14(11(2)24-21-10)16-15-17(19-12(3)25-16)22(20-18(15)23)13-8-6-4-5-7-9-13/h13,16H,4-9H2,1-3H3,(H,20,23). The average molecular weight is 360 g/mol. The second-order valence-electron chi connectivity index (χ2n) is 7.06. The Bertz CT molecular complexity index is 849. The van der Waals surface area contributed by atoms with E-state index in [4.69, 9.17) is 9.52 Å². The molecule has 0 amide bonds. The Morgan fingerprint density at radius 1 is 1.12 bits per heavy atom. The fraction of sp³-hybridized carbons (Fsp3) is 0.611. The van der Waals surface area contributed by atoms with Crippen LogP contribution >= 0.6 is 11.8 Å². The minimum absolute atomic E-state index is 0.0343.